The van der Waals surface area contributed by atoms with Gasteiger partial charge in [0.05, 0.1) is 0 Å². The summed E-state index contributed by atoms with van der Waals surface area (Å²) < 4.78 is 5.30. The number of likely N-dealkylation sites (tertiary alicyclic amines) is 1. The summed E-state index contributed by atoms with van der Waals surface area (Å²) in [6, 6.07) is -0.189. The van der Waals surface area contributed by atoms with Gasteiger partial charge in [0.2, 0.25) is 0 Å². The van der Waals surface area contributed by atoms with Crippen molar-refractivity contribution in [3.05, 3.63) is 0 Å². The summed E-state index contributed by atoms with van der Waals surface area (Å²) in [6.07, 6.45) is 0.619. The van der Waals surface area contributed by atoms with Crippen LogP contribution >= 0.6 is 0 Å². The number of urea groups is 1. The van der Waals surface area contributed by atoms with Crippen LogP contribution in [0.15, 0.2) is 0 Å². The molecular weight excluding hydrogens is 234 g/mol. The molecule has 0 radical (unpaired) electrons. The van der Waals surface area contributed by atoms with Gasteiger partial charge in [-0.15, -0.1) is 0 Å². The predicted molar refractivity (Wildman–Crippen MR) is 68.4 cm³/mol. The molecule has 6 heteroatoms. The molecule has 0 saturated carbocycles. The summed E-state index contributed by atoms with van der Waals surface area (Å²) in [6.45, 7) is 7.47. The zero-order valence-corrected chi connectivity index (χ0v) is 11.6. The minimum atomic E-state index is -0.463. The number of carbonyl (C=O) groups is 2. The van der Waals surface area contributed by atoms with Crippen molar-refractivity contribution in [2.75, 3.05) is 26.7 Å². The third-order valence-electron chi connectivity index (χ3n) is 2.72. The van der Waals surface area contributed by atoms with Crippen LogP contribution < -0.4 is 10.6 Å². The molecule has 1 fully saturated rings. The van der Waals surface area contributed by atoms with Crippen LogP contribution in [0.1, 0.15) is 27.2 Å². The maximum Gasteiger partial charge on any atom is 0.410 e. The van der Waals surface area contributed by atoms with E-state index in [1.807, 2.05) is 20.8 Å². The second-order valence-corrected chi connectivity index (χ2v) is 5.54. The average Bonchev–Trinajstić information content (AvgIpc) is 2.72. The lowest BCUT2D eigenvalue weighted by Gasteiger charge is -2.24. The van der Waals surface area contributed by atoms with Gasteiger partial charge in [-0.25, -0.2) is 9.59 Å². The molecule has 0 aliphatic carbocycles. The first kappa shape index (κ1) is 14.6. The third-order valence-corrected chi connectivity index (χ3v) is 2.72. The number of nitrogens with zero attached hydrogens (tertiary/aromatic N) is 1. The van der Waals surface area contributed by atoms with Gasteiger partial charge < -0.3 is 20.3 Å². The number of hydrogen-bond donors (Lipinski definition) is 2. The van der Waals surface area contributed by atoms with Gasteiger partial charge >= 0.3 is 12.1 Å². The molecule has 1 heterocycles. The number of nitrogens with one attached hydrogen (secondary N) is 2. The summed E-state index contributed by atoms with van der Waals surface area (Å²) >= 11 is 0. The van der Waals surface area contributed by atoms with E-state index in [9.17, 15) is 9.59 Å². The van der Waals surface area contributed by atoms with Crippen molar-refractivity contribution in [3.63, 3.8) is 0 Å². The fraction of sp³-hybridized carbons (Fsp3) is 0.833. The van der Waals surface area contributed by atoms with Gasteiger partial charge in [0.1, 0.15) is 5.60 Å². The molecule has 2 N–H and O–H groups in total. The zero-order chi connectivity index (χ0) is 13.8. The zero-order valence-electron chi connectivity index (χ0n) is 11.6. The molecule has 18 heavy (non-hydrogen) atoms. The second kappa shape index (κ2) is 5.93. The summed E-state index contributed by atoms with van der Waals surface area (Å²) in [5, 5.41) is 5.25. The molecule has 1 rings (SSSR count). The number of rotatable bonds is 2. The van der Waals surface area contributed by atoms with Crippen molar-refractivity contribution in [1.82, 2.24) is 15.5 Å². The molecule has 1 aliphatic heterocycles. The molecule has 104 valence electrons. The maximum absolute atomic E-state index is 11.8. The minimum absolute atomic E-state index is 0.189. The smallest absolute Gasteiger partial charge is 0.410 e. The standard InChI is InChI=1S/C12H23N3O3/c1-12(2,3)18-11(17)15-6-5-9(8-15)7-14-10(16)13-4/h9H,5-8H2,1-4H3,(H2,13,14,16)/t9-/m0/s1. The molecule has 1 aliphatic rings. The Labute approximate surface area is 108 Å². The van der Waals surface area contributed by atoms with Crippen molar-refractivity contribution in [3.8, 4) is 0 Å². The molecule has 1 atom stereocenters. The Hall–Kier alpha value is -1.46. The summed E-state index contributed by atoms with van der Waals surface area (Å²) in [4.78, 5) is 24.5. The van der Waals surface area contributed by atoms with Gasteiger partial charge in [-0.3, -0.25) is 0 Å². The van der Waals surface area contributed by atoms with Crippen LogP contribution in [0.3, 0.4) is 0 Å². The van der Waals surface area contributed by atoms with Crippen LogP contribution in [-0.2, 0) is 4.74 Å². The normalized spacial score (nSPS) is 19.6. The Balaban J connectivity index is 2.32. The van der Waals surface area contributed by atoms with E-state index >= 15 is 0 Å². The summed E-state index contributed by atoms with van der Waals surface area (Å²) in [7, 11) is 1.58. The topological polar surface area (TPSA) is 70.7 Å². The van der Waals surface area contributed by atoms with Crippen LogP contribution in [0.2, 0.25) is 0 Å². The molecule has 0 unspecified atom stereocenters. The molecule has 0 bridgehead atoms. The highest BCUT2D eigenvalue weighted by Crippen LogP contribution is 2.18. The average molecular weight is 257 g/mol. The molecule has 0 aromatic carbocycles. The van der Waals surface area contributed by atoms with Gasteiger partial charge in [0, 0.05) is 26.7 Å². The quantitative estimate of drug-likeness (QED) is 0.780. The monoisotopic (exact) mass is 257 g/mol. The molecule has 0 aromatic rings. The van der Waals surface area contributed by atoms with Gasteiger partial charge in [-0.05, 0) is 33.1 Å². The van der Waals surface area contributed by atoms with E-state index in [0.717, 1.165) is 6.42 Å². The maximum atomic E-state index is 11.8. The fourth-order valence-corrected chi connectivity index (χ4v) is 1.82. The number of carbonyl (C=O) groups excluding carboxylic acids is 2. The van der Waals surface area contributed by atoms with E-state index in [1.54, 1.807) is 11.9 Å². The van der Waals surface area contributed by atoms with Gasteiger partial charge in [-0.2, -0.15) is 0 Å². The highest BCUT2D eigenvalue weighted by Gasteiger charge is 2.29. The van der Waals surface area contributed by atoms with E-state index in [1.165, 1.54) is 0 Å². The van der Waals surface area contributed by atoms with E-state index in [-0.39, 0.29) is 12.1 Å². The second-order valence-electron chi connectivity index (χ2n) is 5.54. The summed E-state index contributed by atoms with van der Waals surface area (Å²) in [5.74, 6) is 0.301. The lowest BCUT2D eigenvalue weighted by atomic mass is 10.1. The first-order valence-electron chi connectivity index (χ1n) is 6.25. The van der Waals surface area contributed by atoms with Crippen LogP contribution in [0.4, 0.5) is 9.59 Å². The Morgan fingerprint density at radius 1 is 1.39 bits per heavy atom. The van der Waals surface area contributed by atoms with Gasteiger partial charge in [0.25, 0.3) is 0 Å². The van der Waals surface area contributed by atoms with Crippen molar-refractivity contribution in [2.45, 2.75) is 32.8 Å². The number of ether oxygens (including phenoxy) is 1. The fourth-order valence-electron chi connectivity index (χ4n) is 1.82. The van der Waals surface area contributed by atoms with E-state index in [2.05, 4.69) is 10.6 Å². The van der Waals surface area contributed by atoms with E-state index in [4.69, 9.17) is 4.74 Å². The lowest BCUT2D eigenvalue weighted by Crippen LogP contribution is -2.38. The van der Waals surface area contributed by atoms with Crippen molar-refractivity contribution in [2.24, 2.45) is 5.92 Å². The molecule has 1 saturated heterocycles. The lowest BCUT2D eigenvalue weighted by molar-refractivity contribution is 0.0288. The molecule has 6 nitrogen and oxygen atoms in total. The SMILES string of the molecule is CNC(=O)NC[C@@H]1CCN(C(=O)OC(C)(C)C)C1. The van der Waals surface area contributed by atoms with Crippen LogP contribution in [0.25, 0.3) is 0 Å². The molecule has 0 spiro atoms. The molecular formula is C12H23N3O3. The Kier molecular flexibility index (Phi) is 4.81. The largest absolute Gasteiger partial charge is 0.444 e. The Morgan fingerprint density at radius 2 is 2.06 bits per heavy atom. The predicted octanol–water partition coefficient (Wildman–Crippen LogP) is 1.17. The van der Waals surface area contributed by atoms with Crippen molar-refractivity contribution >= 4 is 12.1 Å². The number of hydrogen-bond acceptors (Lipinski definition) is 3. The van der Waals surface area contributed by atoms with Crippen LogP contribution in [0.5, 0.6) is 0 Å². The highest BCUT2D eigenvalue weighted by molar-refractivity contribution is 5.73. The Morgan fingerprint density at radius 3 is 2.61 bits per heavy atom. The summed E-state index contributed by atoms with van der Waals surface area (Å²) in [5.41, 5.74) is -0.463. The van der Waals surface area contributed by atoms with E-state index in [0.29, 0.717) is 25.6 Å². The third kappa shape index (κ3) is 4.81. The first-order valence-corrected chi connectivity index (χ1v) is 6.25. The van der Waals surface area contributed by atoms with Crippen LogP contribution in [0, 0.1) is 5.92 Å². The molecule has 3 amide bonds. The van der Waals surface area contributed by atoms with Gasteiger partial charge in [-0.1, -0.05) is 0 Å². The van der Waals surface area contributed by atoms with Gasteiger partial charge in [0.15, 0.2) is 0 Å². The van der Waals surface area contributed by atoms with Crippen LogP contribution in [-0.4, -0.2) is 49.3 Å². The molecule has 0 aromatic heterocycles. The number of amides is 3. The van der Waals surface area contributed by atoms with Crippen molar-refractivity contribution in [1.29, 1.82) is 0 Å². The highest BCUT2D eigenvalue weighted by atomic mass is 16.6. The van der Waals surface area contributed by atoms with E-state index < -0.39 is 5.60 Å². The first-order chi connectivity index (χ1) is 8.31. The Bertz CT molecular complexity index is 312. The van der Waals surface area contributed by atoms with Crippen molar-refractivity contribution < 1.29 is 14.3 Å². The minimum Gasteiger partial charge on any atom is -0.444 e.